The number of amides is 1. The molecule has 0 heterocycles. The van der Waals surface area contributed by atoms with E-state index in [0.29, 0.717) is 12.8 Å². The molecule has 2 aromatic carbocycles. The van der Waals surface area contributed by atoms with Crippen LogP contribution in [0, 0.1) is 0 Å². The first-order valence-corrected chi connectivity index (χ1v) is 7.71. The summed E-state index contributed by atoms with van der Waals surface area (Å²) in [5, 5.41) is 12.3. The second kappa shape index (κ2) is 8.35. The molecule has 0 saturated carbocycles. The molecule has 0 aliphatic heterocycles. The van der Waals surface area contributed by atoms with E-state index in [1.54, 1.807) is 0 Å². The number of aliphatic hydroxyl groups excluding tert-OH is 1. The molecule has 2 aromatic rings. The van der Waals surface area contributed by atoms with Crippen molar-refractivity contribution in [1.82, 2.24) is 5.32 Å². The Labute approximate surface area is 132 Å². The summed E-state index contributed by atoms with van der Waals surface area (Å²) in [6.45, 7) is 2.10. The third-order valence-corrected chi connectivity index (χ3v) is 3.82. The molecule has 1 amide bonds. The topological polar surface area (TPSA) is 49.3 Å². The van der Waals surface area contributed by atoms with Crippen LogP contribution < -0.4 is 5.32 Å². The molecule has 0 bridgehead atoms. The lowest BCUT2D eigenvalue weighted by Gasteiger charge is -2.20. The van der Waals surface area contributed by atoms with Crippen molar-refractivity contribution in [3.05, 3.63) is 71.8 Å². The number of benzene rings is 2. The third-order valence-electron chi connectivity index (χ3n) is 3.82. The van der Waals surface area contributed by atoms with Crippen LogP contribution in [-0.2, 0) is 4.79 Å². The van der Waals surface area contributed by atoms with Gasteiger partial charge in [0.05, 0.1) is 6.04 Å². The lowest BCUT2D eigenvalue weighted by Crippen LogP contribution is -2.30. The van der Waals surface area contributed by atoms with Crippen molar-refractivity contribution in [2.75, 3.05) is 6.61 Å². The Morgan fingerprint density at radius 3 is 2.09 bits per heavy atom. The molecule has 2 atom stereocenters. The van der Waals surface area contributed by atoms with Crippen LogP contribution >= 0.6 is 0 Å². The highest BCUT2D eigenvalue weighted by Gasteiger charge is 2.16. The van der Waals surface area contributed by atoms with Crippen LogP contribution in [0.2, 0.25) is 0 Å². The van der Waals surface area contributed by atoms with Crippen molar-refractivity contribution in [2.45, 2.75) is 31.7 Å². The molecule has 0 saturated heterocycles. The molecule has 2 rings (SSSR count). The number of carbonyl (C=O) groups excluding carboxylic acids is 1. The summed E-state index contributed by atoms with van der Waals surface area (Å²) in [6.07, 6.45) is 0.967. The van der Waals surface area contributed by atoms with E-state index in [4.69, 9.17) is 0 Å². The minimum Gasteiger partial charge on any atom is -0.396 e. The summed E-state index contributed by atoms with van der Waals surface area (Å²) in [7, 11) is 0. The van der Waals surface area contributed by atoms with Crippen LogP contribution in [0.4, 0.5) is 0 Å². The Kier molecular flexibility index (Phi) is 6.16. The van der Waals surface area contributed by atoms with Crippen molar-refractivity contribution in [3.63, 3.8) is 0 Å². The molecule has 2 unspecified atom stereocenters. The van der Waals surface area contributed by atoms with Crippen molar-refractivity contribution < 1.29 is 9.90 Å². The molecule has 116 valence electrons. The van der Waals surface area contributed by atoms with E-state index in [2.05, 4.69) is 12.2 Å². The normalized spacial score (nSPS) is 13.4. The van der Waals surface area contributed by atoms with Crippen molar-refractivity contribution in [3.8, 4) is 0 Å². The fraction of sp³-hybridized carbons (Fsp3) is 0.316. The van der Waals surface area contributed by atoms with E-state index in [-0.39, 0.29) is 24.5 Å². The number of carbonyl (C=O) groups is 1. The first-order valence-electron chi connectivity index (χ1n) is 7.71. The van der Waals surface area contributed by atoms with E-state index >= 15 is 0 Å². The summed E-state index contributed by atoms with van der Waals surface area (Å²) in [5.41, 5.74) is 2.19. The van der Waals surface area contributed by atoms with Gasteiger partial charge in [-0.2, -0.15) is 0 Å². The molecule has 0 aliphatic carbocycles. The van der Waals surface area contributed by atoms with Crippen molar-refractivity contribution >= 4 is 5.91 Å². The second-order valence-electron chi connectivity index (χ2n) is 5.56. The zero-order valence-electron chi connectivity index (χ0n) is 12.9. The first-order chi connectivity index (χ1) is 10.7. The minimum absolute atomic E-state index is 0.0126. The lowest BCUT2D eigenvalue weighted by molar-refractivity contribution is -0.122. The third kappa shape index (κ3) is 4.71. The van der Waals surface area contributed by atoms with E-state index < -0.39 is 0 Å². The highest BCUT2D eigenvalue weighted by Crippen LogP contribution is 2.20. The van der Waals surface area contributed by atoms with Gasteiger partial charge in [0.15, 0.2) is 0 Å². The van der Waals surface area contributed by atoms with Gasteiger partial charge in [0.1, 0.15) is 0 Å². The Balaban J connectivity index is 1.97. The quantitative estimate of drug-likeness (QED) is 0.822. The van der Waals surface area contributed by atoms with Gasteiger partial charge in [-0.25, -0.2) is 0 Å². The fourth-order valence-electron chi connectivity index (χ4n) is 2.57. The first kappa shape index (κ1) is 16.2. The fourth-order valence-corrected chi connectivity index (χ4v) is 2.57. The van der Waals surface area contributed by atoms with Crippen LogP contribution in [0.25, 0.3) is 0 Å². The number of nitrogens with one attached hydrogen (secondary N) is 1. The van der Waals surface area contributed by atoms with E-state index in [0.717, 1.165) is 11.1 Å². The molecular formula is C19H23NO2. The smallest absolute Gasteiger partial charge is 0.221 e. The largest absolute Gasteiger partial charge is 0.396 e. The van der Waals surface area contributed by atoms with Gasteiger partial charge in [0, 0.05) is 13.0 Å². The van der Waals surface area contributed by atoms with Crippen molar-refractivity contribution in [2.24, 2.45) is 0 Å². The number of aliphatic hydroxyl groups is 1. The molecule has 0 aliphatic rings. The van der Waals surface area contributed by atoms with Crippen LogP contribution in [0.3, 0.4) is 0 Å². The predicted octanol–water partition coefficient (Wildman–Crippen LogP) is 3.42. The summed E-state index contributed by atoms with van der Waals surface area (Å²) < 4.78 is 0. The van der Waals surface area contributed by atoms with Gasteiger partial charge in [-0.05, 0) is 23.5 Å². The Morgan fingerprint density at radius 2 is 1.55 bits per heavy atom. The van der Waals surface area contributed by atoms with Gasteiger partial charge in [-0.15, -0.1) is 0 Å². The summed E-state index contributed by atoms with van der Waals surface area (Å²) in [6, 6.07) is 19.7. The maximum Gasteiger partial charge on any atom is 0.221 e. The number of hydrogen-bond acceptors (Lipinski definition) is 2. The highest BCUT2D eigenvalue weighted by atomic mass is 16.3. The summed E-state index contributed by atoms with van der Waals surface area (Å²) >= 11 is 0. The Hall–Kier alpha value is -2.13. The van der Waals surface area contributed by atoms with Crippen LogP contribution in [0.1, 0.15) is 42.9 Å². The van der Waals surface area contributed by atoms with Gasteiger partial charge in [0.2, 0.25) is 5.91 Å². The van der Waals surface area contributed by atoms with Crippen LogP contribution in [0.15, 0.2) is 60.7 Å². The average Bonchev–Trinajstić information content (AvgIpc) is 2.56. The average molecular weight is 297 g/mol. The summed E-state index contributed by atoms with van der Waals surface area (Å²) in [5.74, 6) is 0.186. The molecule has 2 N–H and O–H groups in total. The predicted molar refractivity (Wildman–Crippen MR) is 88.5 cm³/mol. The van der Waals surface area contributed by atoms with Gasteiger partial charge >= 0.3 is 0 Å². The Bertz CT molecular complexity index is 569. The van der Waals surface area contributed by atoms with Crippen molar-refractivity contribution in [1.29, 1.82) is 0 Å². The molecule has 22 heavy (non-hydrogen) atoms. The zero-order valence-corrected chi connectivity index (χ0v) is 12.9. The molecule has 0 spiro atoms. The molecule has 0 radical (unpaired) electrons. The maximum atomic E-state index is 12.3. The molecule has 3 nitrogen and oxygen atoms in total. The molecule has 3 heteroatoms. The Morgan fingerprint density at radius 1 is 1.00 bits per heavy atom. The summed E-state index contributed by atoms with van der Waals surface area (Å²) in [4.78, 5) is 12.3. The lowest BCUT2D eigenvalue weighted by atomic mass is 9.97. The van der Waals surface area contributed by atoms with E-state index in [9.17, 15) is 9.90 Å². The number of hydrogen-bond donors (Lipinski definition) is 2. The highest BCUT2D eigenvalue weighted by molar-refractivity contribution is 5.77. The zero-order chi connectivity index (χ0) is 15.8. The molecule has 0 fully saturated rings. The molecular weight excluding hydrogens is 274 g/mol. The van der Waals surface area contributed by atoms with Gasteiger partial charge in [0.25, 0.3) is 0 Å². The minimum atomic E-state index is -0.137. The van der Waals surface area contributed by atoms with E-state index in [1.807, 2.05) is 60.7 Å². The standard InChI is InChI=1S/C19H23NO2/c1-15(16-8-4-2-5-9-16)14-19(22)20-18(12-13-21)17-10-6-3-7-11-17/h2-11,15,18,21H,12-14H2,1H3,(H,20,22). The van der Waals surface area contributed by atoms with Gasteiger partial charge < -0.3 is 10.4 Å². The SMILES string of the molecule is CC(CC(=O)NC(CCO)c1ccccc1)c1ccccc1. The van der Waals surface area contributed by atoms with Crippen LogP contribution in [0.5, 0.6) is 0 Å². The molecule has 0 aromatic heterocycles. The van der Waals surface area contributed by atoms with Gasteiger partial charge in [-0.3, -0.25) is 4.79 Å². The van der Waals surface area contributed by atoms with Crippen LogP contribution in [-0.4, -0.2) is 17.6 Å². The number of rotatable bonds is 7. The maximum absolute atomic E-state index is 12.3. The van der Waals surface area contributed by atoms with Gasteiger partial charge in [-0.1, -0.05) is 67.6 Å². The second-order valence-corrected chi connectivity index (χ2v) is 5.56. The van der Waals surface area contributed by atoms with E-state index in [1.165, 1.54) is 0 Å². The monoisotopic (exact) mass is 297 g/mol.